The molecule has 0 atom stereocenters. The van der Waals surface area contributed by atoms with Gasteiger partial charge in [-0.15, -0.1) is 0 Å². The van der Waals surface area contributed by atoms with E-state index in [1.807, 2.05) is 6.07 Å². The number of unbranched alkanes of at least 4 members (excludes halogenated alkanes) is 12. The average molecular weight is 483 g/mol. The number of fused-ring (bicyclic) bond motifs is 1. The Morgan fingerprint density at radius 3 is 1.73 bits per heavy atom. The number of aryl methyl sites for hydroxylation is 2. The van der Waals surface area contributed by atoms with Crippen LogP contribution in [0.4, 0.5) is 0 Å². The van der Waals surface area contributed by atoms with E-state index < -0.39 is 10.1 Å². The Labute approximate surface area is 225 Å². The first-order valence-corrected chi connectivity index (χ1v) is 14.4. The van der Waals surface area contributed by atoms with E-state index in [9.17, 15) is 13.0 Å². The fraction of sp³-hybridized carbons (Fsp3) is 0.643. The number of hydrogen-bond donors (Lipinski definition) is 0. The molecule has 2 aromatic rings. The van der Waals surface area contributed by atoms with Gasteiger partial charge < -0.3 is 4.55 Å². The van der Waals surface area contributed by atoms with E-state index in [1.54, 1.807) is 6.07 Å². The predicted octanol–water partition coefficient (Wildman–Crippen LogP) is 5.33. The molecular formula is C28H43NaO3S. The van der Waals surface area contributed by atoms with Crippen LogP contribution in [-0.2, 0) is 23.0 Å². The molecule has 0 unspecified atom stereocenters. The van der Waals surface area contributed by atoms with Crippen molar-refractivity contribution in [1.82, 2.24) is 0 Å². The minimum absolute atomic E-state index is 0. The molecule has 33 heavy (non-hydrogen) atoms. The van der Waals surface area contributed by atoms with Gasteiger partial charge in [0.2, 0.25) is 0 Å². The molecule has 0 N–H and O–H groups in total. The van der Waals surface area contributed by atoms with Crippen LogP contribution < -0.4 is 29.6 Å². The molecule has 0 saturated carbocycles. The van der Waals surface area contributed by atoms with Gasteiger partial charge in [0.1, 0.15) is 10.1 Å². The van der Waals surface area contributed by atoms with Crippen molar-refractivity contribution >= 4 is 20.9 Å². The van der Waals surface area contributed by atoms with Gasteiger partial charge in [0.15, 0.2) is 0 Å². The molecule has 0 aliphatic carbocycles. The molecule has 0 saturated heterocycles. The van der Waals surface area contributed by atoms with E-state index in [0.717, 1.165) is 30.0 Å². The molecule has 0 heterocycles. The van der Waals surface area contributed by atoms with E-state index in [2.05, 4.69) is 26.0 Å². The summed E-state index contributed by atoms with van der Waals surface area (Å²) in [6, 6.07) is 9.30. The van der Waals surface area contributed by atoms with Crippen LogP contribution in [0.3, 0.4) is 0 Å². The van der Waals surface area contributed by atoms with E-state index >= 15 is 0 Å². The molecule has 0 aliphatic heterocycles. The van der Waals surface area contributed by atoms with Crippen molar-refractivity contribution < 1.29 is 42.5 Å². The smallest absolute Gasteiger partial charge is 0.744 e. The molecule has 5 heteroatoms. The first-order chi connectivity index (χ1) is 15.5. The molecule has 2 aromatic carbocycles. The maximum Gasteiger partial charge on any atom is 1.00 e. The molecule has 3 nitrogen and oxygen atoms in total. The van der Waals surface area contributed by atoms with Crippen molar-refractivity contribution in [2.45, 2.75) is 121 Å². The van der Waals surface area contributed by atoms with E-state index in [1.165, 1.54) is 101 Å². The van der Waals surface area contributed by atoms with Crippen molar-refractivity contribution in [3.05, 3.63) is 41.5 Å². The van der Waals surface area contributed by atoms with Crippen molar-refractivity contribution in [2.24, 2.45) is 0 Å². The SMILES string of the molecule is CCCCCCCCCc1cc(CCCCCCCCC)c2cc(S(=O)(=O)[O-])ccc2c1.[Na+]. The Hall–Kier alpha value is -0.390. The summed E-state index contributed by atoms with van der Waals surface area (Å²) in [4.78, 5) is -0.120. The van der Waals surface area contributed by atoms with Crippen molar-refractivity contribution in [3.63, 3.8) is 0 Å². The van der Waals surface area contributed by atoms with Crippen LogP contribution in [0.15, 0.2) is 35.2 Å². The maximum absolute atomic E-state index is 11.6. The van der Waals surface area contributed by atoms with Gasteiger partial charge in [-0.2, -0.15) is 0 Å². The summed E-state index contributed by atoms with van der Waals surface area (Å²) in [5.74, 6) is 0. The van der Waals surface area contributed by atoms with Gasteiger partial charge in [-0.1, -0.05) is 109 Å². The van der Waals surface area contributed by atoms with Crippen molar-refractivity contribution in [3.8, 4) is 0 Å². The van der Waals surface area contributed by atoms with Crippen LogP contribution in [0.2, 0.25) is 0 Å². The van der Waals surface area contributed by atoms with Gasteiger partial charge >= 0.3 is 29.6 Å². The van der Waals surface area contributed by atoms with Gasteiger partial charge in [-0.05, 0) is 59.7 Å². The van der Waals surface area contributed by atoms with Crippen LogP contribution in [0, 0.1) is 0 Å². The summed E-state index contributed by atoms with van der Waals surface area (Å²) in [6.07, 6.45) is 19.9. The van der Waals surface area contributed by atoms with Gasteiger partial charge in [0.25, 0.3) is 0 Å². The van der Waals surface area contributed by atoms with Gasteiger partial charge in [-0.25, -0.2) is 8.42 Å². The molecule has 180 valence electrons. The summed E-state index contributed by atoms with van der Waals surface area (Å²) < 4.78 is 34.7. The number of hydrogen-bond acceptors (Lipinski definition) is 3. The van der Waals surface area contributed by atoms with Crippen molar-refractivity contribution in [1.29, 1.82) is 0 Å². The summed E-state index contributed by atoms with van der Waals surface area (Å²) in [6.45, 7) is 4.49. The van der Waals surface area contributed by atoms with Crippen LogP contribution >= 0.6 is 0 Å². The molecule has 0 aromatic heterocycles. The molecule has 0 spiro atoms. The largest absolute Gasteiger partial charge is 1.00 e. The summed E-state index contributed by atoms with van der Waals surface area (Å²) >= 11 is 0. The Morgan fingerprint density at radius 1 is 0.667 bits per heavy atom. The summed E-state index contributed by atoms with van der Waals surface area (Å²) in [7, 11) is -4.44. The fourth-order valence-corrected chi connectivity index (χ4v) is 5.04. The third kappa shape index (κ3) is 11.7. The van der Waals surface area contributed by atoms with Crippen LogP contribution in [-0.4, -0.2) is 13.0 Å². The second kappa shape index (κ2) is 17.1. The quantitative estimate of drug-likeness (QED) is 0.174. The Kier molecular flexibility index (Phi) is 15.9. The minimum atomic E-state index is -4.44. The summed E-state index contributed by atoms with van der Waals surface area (Å²) in [5.41, 5.74) is 2.53. The van der Waals surface area contributed by atoms with E-state index in [-0.39, 0.29) is 34.5 Å². The zero-order chi connectivity index (χ0) is 23.2. The monoisotopic (exact) mass is 482 g/mol. The van der Waals surface area contributed by atoms with Gasteiger partial charge in [-0.3, -0.25) is 0 Å². The second-order valence-electron chi connectivity index (χ2n) is 9.33. The molecular weight excluding hydrogens is 439 g/mol. The minimum Gasteiger partial charge on any atom is -0.744 e. The fourth-order valence-electron chi connectivity index (χ4n) is 4.55. The first-order valence-electron chi connectivity index (χ1n) is 13.0. The van der Waals surface area contributed by atoms with Crippen LogP contribution in [0.1, 0.15) is 115 Å². The normalized spacial score (nSPS) is 11.6. The molecule has 2 rings (SSSR count). The average Bonchev–Trinajstić information content (AvgIpc) is 2.77. The molecule has 0 radical (unpaired) electrons. The van der Waals surface area contributed by atoms with Crippen molar-refractivity contribution in [2.75, 3.05) is 0 Å². The third-order valence-corrected chi connectivity index (χ3v) is 7.31. The standard InChI is InChI=1S/C28H44O3S.Na/c1-3-5-7-9-11-13-15-17-24-21-25(18-16-14-12-10-8-6-4-2)28-23-27(32(29,30)31)20-19-26(28)22-24;/h19-23H,3-18H2,1-2H3,(H,29,30,31);/q;+1/p-1. The zero-order valence-electron chi connectivity index (χ0n) is 21.3. The van der Waals surface area contributed by atoms with Gasteiger partial charge in [0.05, 0.1) is 4.90 Å². The third-order valence-electron chi connectivity index (χ3n) is 6.48. The zero-order valence-corrected chi connectivity index (χ0v) is 24.1. The Balaban J connectivity index is 0.00000544. The topological polar surface area (TPSA) is 57.2 Å². The van der Waals surface area contributed by atoms with Gasteiger partial charge in [0, 0.05) is 0 Å². The predicted molar refractivity (Wildman–Crippen MR) is 135 cm³/mol. The molecule has 0 bridgehead atoms. The van der Waals surface area contributed by atoms with Crippen LogP contribution in [0.25, 0.3) is 10.8 Å². The molecule has 0 aliphatic rings. The maximum atomic E-state index is 11.6. The molecule has 0 fully saturated rings. The number of rotatable bonds is 17. The van der Waals surface area contributed by atoms with E-state index in [4.69, 9.17) is 0 Å². The Bertz CT molecular complexity index is 909. The second-order valence-corrected chi connectivity index (χ2v) is 10.7. The van der Waals surface area contributed by atoms with E-state index in [0.29, 0.717) is 0 Å². The first kappa shape index (κ1) is 30.6. The summed E-state index contributed by atoms with van der Waals surface area (Å²) in [5, 5.41) is 1.98. The number of benzene rings is 2. The molecule has 0 amide bonds. The Morgan fingerprint density at radius 2 is 1.18 bits per heavy atom. The van der Waals surface area contributed by atoms with Crippen LogP contribution in [0.5, 0.6) is 0 Å².